The second kappa shape index (κ2) is 7.52. The second-order valence-electron chi connectivity index (χ2n) is 4.74. The van der Waals surface area contributed by atoms with Crippen LogP contribution in [0.15, 0.2) is 30.0 Å². The molecule has 5 nitrogen and oxygen atoms in total. The largest absolute Gasteiger partial charge is 0.368 e. The first-order valence-electron chi connectivity index (χ1n) is 6.57. The van der Waals surface area contributed by atoms with Crippen LogP contribution in [0.4, 0.5) is 13.2 Å². The Morgan fingerprint density at radius 3 is 2.83 bits per heavy atom. The predicted octanol–water partition coefficient (Wildman–Crippen LogP) is 2.17. The Balaban J connectivity index is 2.31. The summed E-state index contributed by atoms with van der Waals surface area (Å²) >= 11 is 5.63. The maximum atomic E-state index is 13.6. The molecule has 0 aromatic heterocycles. The smallest absolute Gasteiger partial charge is 0.355 e. The highest BCUT2D eigenvalue weighted by atomic mass is 35.5. The number of ether oxygens (including phenoxy) is 1. The van der Waals surface area contributed by atoms with Crippen molar-refractivity contribution in [3.8, 4) is 0 Å². The third-order valence-corrected chi connectivity index (χ3v) is 4.34. The number of hydrogen-bond acceptors (Lipinski definition) is 4. The zero-order valence-corrected chi connectivity index (χ0v) is 13.3. The van der Waals surface area contributed by atoms with Gasteiger partial charge in [0.1, 0.15) is 11.9 Å². The van der Waals surface area contributed by atoms with Gasteiger partial charge in [-0.25, -0.2) is 12.8 Å². The molecule has 1 aliphatic heterocycles. The lowest BCUT2D eigenvalue weighted by Crippen LogP contribution is -2.27. The Labute approximate surface area is 136 Å². The van der Waals surface area contributed by atoms with E-state index >= 15 is 0 Å². The highest BCUT2D eigenvalue weighted by Crippen LogP contribution is 2.29. The van der Waals surface area contributed by atoms with E-state index in [1.165, 1.54) is 12.1 Å². The van der Waals surface area contributed by atoms with Crippen molar-refractivity contribution in [2.75, 3.05) is 19.7 Å². The van der Waals surface area contributed by atoms with E-state index < -0.39 is 27.7 Å². The van der Waals surface area contributed by atoms with E-state index in [0.29, 0.717) is 17.7 Å². The molecule has 0 aliphatic carbocycles. The quantitative estimate of drug-likeness (QED) is 0.852. The van der Waals surface area contributed by atoms with E-state index in [0.717, 1.165) is 12.3 Å². The van der Waals surface area contributed by atoms with E-state index in [1.54, 1.807) is 4.72 Å². The number of benzene rings is 1. The molecule has 0 radical (unpaired) electrons. The number of nitrogens with one attached hydrogen (secondary N) is 2. The topological polar surface area (TPSA) is 67.4 Å². The normalized spacial score (nSPS) is 21.4. The molecule has 10 heteroatoms. The summed E-state index contributed by atoms with van der Waals surface area (Å²) in [6, 6.07) is 4.03. The average Bonchev–Trinajstić information content (AvgIpc) is 2.73. The van der Waals surface area contributed by atoms with Gasteiger partial charge in [-0.05, 0) is 23.3 Å². The van der Waals surface area contributed by atoms with Crippen molar-refractivity contribution >= 4 is 21.6 Å². The minimum Gasteiger partial charge on any atom is -0.368 e. The summed E-state index contributed by atoms with van der Waals surface area (Å²) in [5.41, 5.74) is 0.742. The zero-order valence-electron chi connectivity index (χ0n) is 11.7. The van der Waals surface area contributed by atoms with Crippen molar-refractivity contribution in [2.45, 2.75) is 11.9 Å². The Morgan fingerprint density at radius 2 is 2.17 bits per heavy atom. The fourth-order valence-corrected chi connectivity index (χ4v) is 2.54. The SMILES string of the molecule is O=S(=O)(NC=C1CNCCOC1c1ccc(Cl)c(F)c1)C(F)F. The van der Waals surface area contributed by atoms with E-state index in [9.17, 15) is 21.6 Å². The van der Waals surface area contributed by atoms with Gasteiger partial charge in [-0.2, -0.15) is 8.78 Å². The van der Waals surface area contributed by atoms with Gasteiger partial charge in [-0.3, -0.25) is 4.72 Å². The number of hydrogen-bond donors (Lipinski definition) is 2. The molecular formula is C13H14ClF3N2O3S. The Hall–Kier alpha value is -1.29. The Morgan fingerprint density at radius 1 is 1.43 bits per heavy atom. The second-order valence-corrected chi connectivity index (χ2v) is 6.83. The highest BCUT2D eigenvalue weighted by molar-refractivity contribution is 7.89. The molecule has 1 aliphatic rings. The van der Waals surface area contributed by atoms with Crippen molar-refractivity contribution < 1.29 is 26.3 Å². The van der Waals surface area contributed by atoms with Gasteiger partial charge >= 0.3 is 5.76 Å². The molecule has 0 bridgehead atoms. The summed E-state index contributed by atoms with van der Waals surface area (Å²) < 4.78 is 67.9. The van der Waals surface area contributed by atoms with Gasteiger partial charge in [0.2, 0.25) is 0 Å². The van der Waals surface area contributed by atoms with Gasteiger partial charge in [-0.1, -0.05) is 17.7 Å². The summed E-state index contributed by atoms with van der Waals surface area (Å²) in [6.07, 6.45) is 0.161. The lowest BCUT2D eigenvalue weighted by atomic mass is 10.0. The summed E-state index contributed by atoms with van der Waals surface area (Å²) in [5.74, 6) is -4.21. The number of alkyl halides is 2. The van der Waals surface area contributed by atoms with Crippen LogP contribution in [0.2, 0.25) is 5.02 Å². The van der Waals surface area contributed by atoms with E-state index in [2.05, 4.69) is 5.32 Å². The molecule has 1 aromatic carbocycles. The Kier molecular flexibility index (Phi) is 5.90. The molecule has 23 heavy (non-hydrogen) atoms. The standard InChI is InChI=1S/C13H14ClF3N2O3S/c14-10-2-1-8(5-11(10)15)12-9(6-18-3-4-22-12)7-19-23(20,21)13(16)17/h1-2,5,7,12-13,18-19H,3-4,6H2. The maximum absolute atomic E-state index is 13.6. The lowest BCUT2D eigenvalue weighted by molar-refractivity contribution is 0.0892. The minimum atomic E-state index is -4.77. The molecule has 1 saturated heterocycles. The first kappa shape index (κ1) is 18.1. The average molecular weight is 371 g/mol. The third-order valence-electron chi connectivity index (χ3n) is 3.12. The molecule has 0 amide bonds. The van der Waals surface area contributed by atoms with E-state index in [1.807, 2.05) is 0 Å². The van der Waals surface area contributed by atoms with Crippen molar-refractivity contribution in [1.29, 1.82) is 0 Å². The van der Waals surface area contributed by atoms with Crippen LogP contribution < -0.4 is 10.0 Å². The molecule has 0 saturated carbocycles. The van der Waals surface area contributed by atoms with E-state index in [-0.39, 0.29) is 18.2 Å². The molecule has 1 heterocycles. The van der Waals surface area contributed by atoms with Gasteiger partial charge in [0.25, 0.3) is 10.0 Å². The van der Waals surface area contributed by atoms with Crippen LogP contribution in [0.5, 0.6) is 0 Å². The molecule has 1 unspecified atom stereocenters. The molecule has 1 aromatic rings. The van der Waals surface area contributed by atoms with Crippen LogP contribution in [-0.2, 0) is 14.8 Å². The summed E-state index contributed by atoms with van der Waals surface area (Å²) in [7, 11) is -4.77. The number of halogens is 4. The summed E-state index contributed by atoms with van der Waals surface area (Å²) in [4.78, 5) is 0. The molecule has 128 valence electrons. The van der Waals surface area contributed by atoms with Gasteiger partial charge in [0.15, 0.2) is 0 Å². The van der Waals surface area contributed by atoms with Gasteiger partial charge in [0.05, 0.1) is 11.6 Å². The first-order valence-corrected chi connectivity index (χ1v) is 8.49. The van der Waals surface area contributed by atoms with Crippen molar-refractivity contribution in [2.24, 2.45) is 0 Å². The van der Waals surface area contributed by atoms with Crippen LogP contribution in [0.25, 0.3) is 0 Å². The molecule has 1 fully saturated rings. The molecular weight excluding hydrogens is 357 g/mol. The molecule has 2 rings (SSSR count). The first-order chi connectivity index (χ1) is 10.8. The van der Waals surface area contributed by atoms with Crippen molar-refractivity contribution in [3.63, 3.8) is 0 Å². The zero-order chi connectivity index (χ0) is 17.0. The van der Waals surface area contributed by atoms with E-state index in [4.69, 9.17) is 16.3 Å². The molecule has 0 spiro atoms. The number of rotatable bonds is 4. The van der Waals surface area contributed by atoms with Crippen molar-refractivity contribution in [1.82, 2.24) is 10.0 Å². The van der Waals surface area contributed by atoms with Crippen LogP contribution in [0.3, 0.4) is 0 Å². The minimum absolute atomic E-state index is 0.0653. The lowest BCUT2D eigenvalue weighted by Gasteiger charge is -2.19. The van der Waals surface area contributed by atoms with Gasteiger partial charge in [0, 0.05) is 19.3 Å². The summed E-state index contributed by atoms with van der Waals surface area (Å²) in [6.45, 7) is 0.958. The third kappa shape index (κ3) is 4.60. The fraction of sp³-hybridized carbons (Fsp3) is 0.385. The fourth-order valence-electron chi connectivity index (χ4n) is 2.00. The monoisotopic (exact) mass is 370 g/mol. The predicted molar refractivity (Wildman–Crippen MR) is 79.1 cm³/mol. The van der Waals surface area contributed by atoms with Crippen LogP contribution in [0.1, 0.15) is 11.7 Å². The van der Waals surface area contributed by atoms with Gasteiger partial charge in [-0.15, -0.1) is 0 Å². The molecule has 1 atom stereocenters. The van der Waals surface area contributed by atoms with Crippen molar-refractivity contribution in [3.05, 3.63) is 46.4 Å². The summed E-state index contributed by atoms with van der Waals surface area (Å²) in [5, 5.41) is 2.89. The Bertz CT molecular complexity index is 698. The molecule has 2 N–H and O–H groups in total. The van der Waals surface area contributed by atoms with Crippen LogP contribution in [0, 0.1) is 5.82 Å². The van der Waals surface area contributed by atoms with Gasteiger partial charge < -0.3 is 10.1 Å². The number of sulfonamides is 1. The highest BCUT2D eigenvalue weighted by Gasteiger charge is 2.25. The van der Waals surface area contributed by atoms with Crippen LogP contribution >= 0.6 is 11.6 Å². The maximum Gasteiger partial charge on any atom is 0.355 e. The van der Waals surface area contributed by atoms with Crippen LogP contribution in [-0.4, -0.2) is 33.9 Å².